The van der Waals surface area contributed by atoms with Crippen molar-refractivity contribution in [3.63, 3.8) is 0 Å². The van der Waals surface area contributed by atoms with Crippen LogP contribution in [0.3, 0.4) is 0 Å². The Morgan fingerprint density at radius 3 is 2.88 bits per heavy atom. The van der Waals surface area contributed by atoms with Crippen molar-refractivity contribution in [2.75, 3.05) is 18.4 Å². The number of aliphatic hydroxyl groups is 1. The number of rotatable bonds is 4. The van der Waals surface area contributed by atoms with Crippen LogP contribution in [0.2, 0.25) is 0 Å². The summed E-state index contributed by atoms with van der Waals surface area (Å²) >= 11 is 0. The molecule has 2 unspecified atom stereocenters. The van der Waals surface area contributed by atoms with Crippen molar-refractivity contribution >= 4 is 11.9 Å². The number of aliphatic hydroxyl groups excluding tert-OH is 1. The van der Waals surface area contributed by atoms with Crippen LogP contribution in [0.15, 0.2) is 6.20 Å². The van der Waals surface area contributed by atoms with E-state index in [0.717, 1.165) is 49.1 Å². The highest BCUT2D eigenvalue weighted by atomic mass is 16.3. The van der Waals surface area contributed by atoms with Gasteiger partial charge in [0.25, 0.3) is 0 Å². The maximum atomic E-state index is 12.7. The van der Waals surface area contributed by atoms with Gasteiger partial charge in [0.1, 0.15) is 0 Å². The summed E-state index contributed by atoms with van der Waals surface area (Å²) < 4.78 is 0. The van der Waals surface area contributed by atoms with E-state index in [1.54, 1.807) is 0 Å². The number of nitrogens with one attached hydrogen (secondary N) is 1. The van der Waals surface area contributed by atoms with E-state index in [4.69, 9.17) is 4.98 Å². The van der Waals surface area contributed by atoms with Gasteiger partial charge in [0.05, 0.1) is 17.8 Å². The molecule has 6 rings (SSSR count). The minimum atomic E-state index is -0.281. The van der Waals surface area contributed by atoms with Gasteiger partial charge in [0, 0.05) is 36.7 Å². The number of piperidine rings is 1. The normalized spacial score (nSPS) is 33.8. The van der Waals surface area contributed by atoms with Crippen LogP contribution in [-0.2, 0) is 4.79 Å². The molecular weight excluding hydrogens is 304 g/mol. The number of hydrogen-bond donors (Lipinski definition) is 2. The number of carbonyl (C=O) groups excluding carboxylic acids is 1. The van der Waals surface area contributed by atoms with E-state index in [-0.39, 0.29) is 24.0 Å². The first kappa shape index (κ1) is 14.6. The number of fused-ring (bicyclic) bond motifs is 2. The van der Waals surface area contributed by atoms with Crippen LogP contribution in [0.5, 0.6) is 0 Å². The number of hydrogen-bond acceptors (Lipinski definition) is 5. The Labute approximate surface area is 141 Å². The molecule has 3 heterocycles. The van der Waals surface area contributed by atoms with Crippen molar-refractivity contribution in [2.24, 2.45) is 11.8 Å². The van der Waals surface area contributed by atoms with Gasteiger partial charge in [-0.25, -0.2) is 9.97 Å². The first-order chi connectivity index (χ1) is 11.7. The Kier molecular flexibility index (Phi) is 3.30. The van der Waals surface area contributed by atoms with Crippen molar-refractivity contribution in [1.82, 2.24) is 14.9 Å². The summed E-state index contributed by atoms with van der Waals surface area (Å²) in [5, 5.41) is 12.8. The Hall–Kier alpha value is -1.69. The zero-order valence-electron chi connectivity index (χ0n) is 13.8. The summed E-state index contributed by atoms with van der Waals surface area (Å²) in [5.41, 5.74) is 2.29. The fourth-order valence-electron chi connectivity index (χ4n) is 4.42. The van der Waals surface area contributed by atoms with E-state index in [9.17, 15) is 9.90 Å². The van der Waals surface area contributed by atoms with E-state index in [1.807, 2.05) is 11.1 Å². The average molecular weight is 328 g/mol. The first-order valence-corrected chi connectivity index (χ1v) is 9.28. The largest absolute Gasteiger partial charge is 0.393 e. The third-order valence-electron chi connectivity index (χ3n) is 6.17. The molecule has 0 spiro atoms. The van der Waals surface area contributed by atoms with E-state index < -0.39 is 0 Å². The molecular formula is C18H24N4O2. The smallest absolute Gasteiger partial charge is 0.226 e. The molecule has 2 atom stereocenters. The van der Waals surface area contributed by atoms with Crippen LogP contribution in [0.4, 0.5) is 5.95 Å². The van der Waals surface area contributed by atoms with Gasteiger partial charge in [-0.15, -0.1) is 0 Å². The Morgan fingerprint density at radius 2 is 2.12 bits per heavy atom. The Morgan fingerprint density at radius 1 is 1.29 bits per heavy atom. The Bertz CT molecular complexity index is 669. The lowest BCUT2D eigenvalue weighted by Crippen LogP contribution is -2.51. The zero-order chi connectivity index (χ0) is 16.3. The van der Waals surface area contributed by atoms with Crippen molar-refractivity contribution < 1.29 is 9.90 Å². The van der Waals surface area contributed by atoms with Crippen LogP contribution >= 0.6 is 0 Å². The number of anilines is 1. The molecule has 1 amide bonds. The molecule has 2 N–H and O–H groups in total. The fourth-order valence-corrected chi connectivity index (χ4v) is 4.42. The standard InChI is InChI=1S/C18H24N4O2/c23-13-5-12(6-13)17(24)22-9-11-3-4-15(22)14-8-20-18(21-16(11)14)19-7-10-1-2-10/h8,10-13,15,23H,1-7,9H2,(H,19,20,21). The number of nitrogens with zero attached hydrogens (tertiary/aromatic N) is 3. The summed E-state index contributed by atoms with van der Waals surface area (Å²) in [7, 11) is 0. The van der Waals surface area contributed by atoms with Gasteiger partial charge in [0.15, 0.2) is 0 Å². The lowest BCUT2D eigenvalue weighted by Gasteiger charge is -2.48. The maximum absolute atomic E-state index is 12.7. The average Bonchev–Trinajstić information content (AvgIpc) is 3.41. The predicted octanol–water partition coefficient (Wildman–Crippen LogP) is 1.83. The molecule has 3 aliphatic carbocycles. The molecule has 3 fully saturated rings. The molecule has 1 aromatic rings. The SMILES string of the molecule is O=C(C1CC(O)C1)N1CC2CCC1c1cnc(NCC3CC3)nc12. The molecule has 24 heavy (non-hydrogen) atoms. The Balaban J connectivity index is 1.35. The summed E-state index contributed by atoms with van der Waals surface area (Å²) in [6, 6.07) is 0.132. The second kappa shape index (κ2) is 5.41. The van der Waals surface area contributed by atoms with Gasteiger partial charge in [-0.2, -0.15) is 0 Å². The van der Waals surface area contributed by atoms with Crippen LogP contribution < -0.4 is 5.32 Å². The van der Waals surface area contributed by atoms with E-state index in [1.165, 1.54) is 12.8 Å². The highest BCUT2D eigenvalue weighted by Gasteiger charge is 2.45. The molecule has 0 aromatic carbocycles. The molecule has 2 bridgehead atoms. The molecule has 0 radical (unpaired) electrons. The summed E-state index contributed by atoms with van der Waals surface area (Å²) in [5.74, 6) is 2.11. The predicted molar refractivity (Wildman–Crippen MR) is 88.4 cm³/mol. The minimum absolute atomic E-state index is 0.0169. The van der Waals surface area contributed by atoms with Gasteiger partial charge in [-0.3, -0.25) is 4.79 Å². The topological polar surface area (TPSA) is 78.3 Å². The maximum Gasteiger partial charge on any atom is 0.226 e. The van der Waals surface area contributed by atoms with E-state index >= 15 is 0 Å². The highest BCUT2D eigenvalue weighted by Crippen LogP contribution is 2.47. The first-order valence-electron chi connectivity index (χ1n) is 9.28. The monoisotopic (exact) mass is 328 g/mol. The molecule has 6 nitrogen and oxygen atoms in total. The third kappa shape index (κ3) is 2.39. The van der Waals surface area contributed by atoms with Crippen LogP contribution in [0.1, 0.15) is 61.7 Å². The van der Waals surface area contributed by atoms with Crippen molar-refractivity contribution in [1.29, 1.82) is 0 Å². The quantitative estimate of drug-likeness (QED) is 0.881. The molecule has 2 saturated carbocycles. The third-order valence-corrected chi connectivity index (χ3v) is 6.17. The van der Waals surface area contributed by atoms with Crippen molar-refractivity contribution in [2.45, 2.75) is 56.6 Å². The second-order valence-corrected chi connectivity index (χ2v) is 7.96. The van der Waals surface area contributed by atoms with E-state index in [2.05, 4.69) is 10.3 Å². The van der Waals surface area contributed by atoms with Crippen molar-refractivity contribution in [3.8, 4) is 0 Å². The molecule has 1 aromatic heterocycles. The van der Waals surface area contributed by atoms with Gasteiger partial charge < -0.3 is 15.3 Å². The molecule has 2 aliphatic heterocycles. The lowest BCUT2D eigenvalue weighted by molar-refractivity contribution is -0.147. The number of carbonyl (C=O) groups is 1. The second-order valence-electron chi connectivity index (χ2n) is 7.96. The van der Waals surface area contributed by atoms with Crippen LogP contribution in [-0.4, -0.2) is 45.1 Å². The minimum Gasteiger partial charge on any atom is -0.393 e. The number of aromatic nitrogens is 2. The van der Waals surface area contributed by atoms with Gasteiger partial charge in [-0.05, 0) is 44.4 Å². The van der Waals surface area contributed by atoms with Gasteiger partial charge in [-0.1, -0.05) is 0 Å². The molecule has 6 heteroatoms. The van der Waals surface area contributed by atoms with E-state index in [0.29, 0.717) is 18.8 Å². The molecule has 1 saturated heterocycles. The highest BCUT2D eigenvalue weighted by molar-refractivity contribution is 5.81. The van der Waals surface area contributed by atoms with Gasteiger partial charge >= 0.3 is 0 Å². The fraction of sp³-hybridized carbons (Fsp3) is 0.722. The van der Waals surface area contributed by atoms with Crippen molar-refractivity contribution in [3.05, 3.63) is 17.5 Å². The van der Waals surface area contributed by atoms with Crippen LogP contribution in [0.25, 0.3) is 0 Å². The zero-order valence-corrected chi connectivity index (χ0v) is 13.8. The summed E-state index contributed by atoms with van der Waals surface area (Å²) in [6.07, 6.45) is 7.65. The molecule has 5 aliphatic rings. The van der Waals surface area contributed by atoms with Crippen LogP contribution in [0, 0.1) is 11.8 Å². The number of amides is 1. The lowest BCUT2D eigenvalue weighted by atomic mass is 9.75. The summed E-state index contributed by atoms with van der Waals surface area (Å²) in [6.45, 7) is 1.75. The van der Waals surface area contributed by atoms with Gasteiger partial charge in [0.2, 0.25) is 11.9 Å². The molecule has 128 valence electrons. The summed E-state index contributed by atoms with van der Waals surface area (Å²) in [4.78, 5) is 24.0.